The smallest absolute Gasteiger partial charge is 0.174 e. The van der Waals surface area contributed by atoms with Crippen LogP contribution in [-0.4, -0.2) is 12.9 Å². The number of anilines is 2. The third kappa shape index (κ3) is 3.11. The number of thiophene rings is 1. The van der Waals surface area contributed by atoms with Crippen molar-refractivity contribution in [3.05, 3.63) is 40.8 Å². The van der Waals surface area contributed by atoms with Crippen LogP contribution in [0.5, 0.6) is 5.75 Å². The van der Waals surface area contributed by atoms with E-state index in [2.05, 4.69) is 5.32 Å². The van der Waals surface area contributed by atoms with Gasteiger partial charge in [-0.2, -0.15) is 0 Å². The van der Waals surface area contributed by atoms with Crippen LogP contribution < -0.4 is 15.8 Å². The predicted molar refractivity (Wildman–Crippen MR) is 83.7 cm³/mol. The summed E-state index contributed by atoms with van der Waals surface area (Å²) in [7, 11) is 1.65. The SMILES string of the molecule is CCC(=O)c1sc(NCc2ccccc2OC)cc1N. The van der Waals surface area contributed by atoms with E-state index in [1.165, 1.54) is 11.3 Å². The quantitative estimate of drug-likeness (QED) is 0.799. The zero-order valence-corrected chi connectivity index (χ0v) is 12.4. The van der Waals surface area contributed by atoms with Crippen molar-refractivity contribution in [1.82, 2.24) is 0 Å². The summed E-state index contributed by atoms with van der Waals surface area (Å²) in [6.07, 6.45) is 0.469. The Morgan fingerprint density at radius 2 is 2.15 bits per heavy atom. The number of Topliss-reactive ketones (excluding diaryl/α,β-unsaturated/α-hetero) is 1. The Labute approximate surface area is 122 Å². The van der Waals surface area contributed by atoms with Gasteiger partial charge in [-0.1, -0.05) is 25.1 Å². The van der Waals surface area contributed by atoms with Gasteiger partial charge >= 0.3 is 0 Å². The molecule has 4 nitrogen and oxygen atoms in total. The van der Waals surface area contributed by atoms with Gasteiger partial charge in [-0.3, -0.25) is 4.79 Å². The van der Waals surface area contributed by atoms with E-state index >= 15 is 0 Å². The molecule has 0 aliphatic rings. The number of ether oxygens (including phenoxy) is 1. The second kappa shape index (κ2) is 6.43. The Kier molecular flexibility index (Phi) is 4.63. The molecular formula is C15H18N2O2S. The fraction of sp³-hybridized carbons (Fsp3) is 0.267. The summed E-state index contributed by atoms with van der Waals surface area (Å²) in [4.78, 5) is 12.3. The summed E-state index contributed by atoms with van der Waals surface area (Å²) in [6, 6.07) is 9.63. The van der Waals surface area contributed by atoms with Crippen LogP contribution in [-0.2, 0) is 6.54 Å². The first-order valence-electron chi connectivity index (χ1n) is 6.44. The maximum atomic E-state index is 11.7. The number of nitrogens with one attached hydrogen (secondary N) is 1. The van der Waals surface area contributed by atoms with Crippen molar-refractivity contribution in [3.63, 3.8) is 0 Å². The van der Waals surface area contributed by atoms with Crippen LogP contribution in [0.2, 0.25) is 0 Å². The maximum Gasteiger partial charge on any atom is 0.174 e. The van der Waals surface area contributed by atoms with Crippen molar-refractivity contribution in [3.8, 4) is 5.75 Å². The molecule has 0 spiro atoms. The third-order valence-corrected chi connectivity index (χ3v) is 4.13. The second-order valence-electron chi connectivity index (χ2n) is 4.34. The molecule has 2 aromatic rings. The van der Waals surface area contributed by atoms with Crippen LogP contribution >= 0.6 is 11.3 Å². The third-order valence-electron chi connectivity index (χ3n) is 2.98. The van der Waals surface area contributed by atoms with Crippen molar-refractivity contribution >= 4 is 27.8 Å². The van der Waals surface area contributed by atoms with Gasteiger partial charge in [0.1, 0.15) is 5.75 Å². The molecule has 0 amide bonds. The fourth-order valence-corrected chi connectivity index (χ4v) is 2.89. The second-order valence-corrected chi connectivity index (χ2v) is 5.39. The van der Waals surface area contributed by atoms with Crippen molar-refractivity contribution in [2.24, 2.45) is 0 Å². The van der Waals surface area contributed by atoms with E-state index < -0.39 is 0 Å². The lowest BCUT2D eigenvalue weighted by Gasteiger charge is -2.08. The molecule has 0 fully saturated rings. The zero-order valence-electron chi connectivity index (χ0n) is 11.6. The summed E-state index contributed by atoms with van der Waals surface area (Å²) in [6.45, 7) is 2.47. The first kappa shape index (κ1) is 14.4. The summed E-state index contributed by atoms with van der Waals surface area (Å²) < 4.78 is 5.30. The lowest BCUT2D eigenvalue weighted by molar-refractivity contribution is 0.0993. The molecule has 2 rings (SSSR count). The molecule has 1 aromatic heterocycles. The molecule has 3 N–H and O–H groups in total. The van der Waals surface area contributed by atoms with Gasteiger partial charge < -0.3 is 15.8 Å². The molecule has 0 saturated heterocycles. The van der Waals surface area contributed by atoms with E-state index in [1.807, 2.05) is 37.3 Å². The average molecular weight is 290 g/mol. The van der Waals surface area contributed by atoms with Gasteiger partial charge in [-0.25, -0.2) is 0 Å². The number of ketones is 1. The predicted octanol–water partition coefficient (Wildman–Crippen LogP) is 3.54. The highest BCUT2D eigenvalue weighted by Gasteiger charge is 2.12. The van der Waals surface area contributed by atoms with E-state index in [0.29, 0.717) is 23.5 Å². The number of para-hydroxylation sites is 1. The van der Waals surface area contributed by atoms with Crippen LogP contribution in [0.1, 0.15) is 28.6 Å². The summed E-state index contributed by atoms with van der Waals surface area (Å²) in [5.41, 5.74) is 7.47. The van der Waals surface area contributed by atoms with Gasteiger partial charge in [0.25, 0.3) is 0 Å². The average Bonchev–Trinajstić information content (AvgIpc) is 2.85. The van der Waals surface area contributed by atoms with Crippen LogP contribution in [0, 0.1) is 0 Å². The number of nitrogens with two attached hydrogens (primary N) is 1. The zero-order chi connectivity index (χ0) is 14.5. The first-order valence-corrected chi connectivity index (χ1v) is 7.25. The highest BCUT2D eigenvalue weighted by Crippen LogP contribution is 2.31. The molecule has 20 heavy (non-hydrogen) atoms. The minimum absolute atomic E-state index is 0.0813. The van der Waals surface area contributed by atoms with E-state index in [4.69, 9.17) is 10.5 Å². The molecule has 106 valence electrons. The normalized spacial score (nSPS) is 10.3. The van der Waals surface area contributed by atoms with Crippen LogP contribution in [0.15, 0.2) is 30.3 Å². The molecule has 0 bridgehead atoms. The standard InChI is InChI=1S/C15H18N2O2S/c1-3-12(18)15-11(16)8-14(20-15)17-9-10-6-4-5-7-13(10)19-2/h4-8,17H,3,9,16H2,1-2H3. The van der Waals surface area contributed by atoms with E-state index in [0.717, 1.165) is 16.3 Å². The van der Waals surface area contributed by atoms with Gasteiger partial charge in [0, 0.05) is 18.5 Å². The molecule has 1 aromatic carbocycles. The number of carbonyl (C=O) groups excluding carboxylic acids is 1. The highest BCUT2D eigenvalue weighted by molar-refractivity contribution is 7.18. The Morgan fingerprint density at radius 3 is 2.85 bits per heavy atom. The number of rotatable bonds is 6. The van der Waals surface area contributed by atoms with E-state index in [9.17, 15) is 4.79 Å². The van der Waals surface area contributed by atoms with Crippen LogP contribution in [0.3, 0.4) is 0 Å². The molecule has 0 aliphatic carbocycles. The van der Waals surface area contributed by atoms with Gasteiger partial charge in [-0.05, 0) is 12.1 Å². The summed E-state index contributed by atoms with van der Waals surface area (Å²) in [5.74, 6) is 0.923. The van der Waals surface area contributed by atoms with Crippen LogP contribution in [0.4, 0.5) is 10.7 Å². The largest absolute Gasteiger partial charge is 0.496 e. The minimum Gasteiger partial charge on any atom is -0.496 e. The lowest BCUT2D eigenvalue weighted by atomic mass is 10.2. The molecule has 0 aliphatic heterocycles. The molecular weight excluding hydrogens is 272 g/mol. The number of methoxy groups -OCH3 is 1. The van der Waals surface area contributed by atoms with Crippen molar-refractivity contribution < 1.29 is 9.53 Å². The molecule has 1 heterocycles. The maximum absolute atomic E-state index is 11.7. The topological polar surface area (TPSA) is 64.3 Å². The molecule has 0 radical (unpaired) electrons. The summed E-state index contributed by atoms with van der Waals surface area (Å²) >= 11 is 1.40. The number of hydrogen-bond donors (Lipinski definition) is 2. The monoisotopic (exact) mass is 290 g/mol. The molecule has 5 heteroatoms. The van der Waals surface area contributed by atoms with Crippen molar-refractivity contribution in [1.29, 1.82) is 0 Å². The van der Waals surface area contributed by atoms with Crippen molar-refractivity contribution in [2.75, 3.05) is 18.2 Å². The Bertz CT molecular complexity index is 608. The minimum atomic E-state index is 0.0813. The number of hydrogen-bond acceptors (Lipinski definition) is 5. The number of benzene rings is 1. The van der Waals surface area contributed by atoms with Gasteiger partial charge in [-0.15, -0.1) is 11.3 Å². The molecule has 0 unspecified atom stereocenters. The van der Waals surface area contributed by atoms with E-state index in [-0.39, 0.29) is 5.78 Å². The van der Waals surface area contributed by atoms with Gasteiger partial charge in [0.2, 0.25) is 0 Å². The summed E-state index contributed by atoms with van der Waals surface area (Å²) in [5, 5.41) is 4.18. The van der Waals surface area contributed by atoms with Crippen molar-refractivity contribution in [2.45, 2.75) is 19.9 Å². The Hall–Kier alpha value is -2.01. The van der Waals surface area contributed by atoms with Gasteiger partial charge in [0.15, 0.2) is 5.78 Å². The lowest BCUT2D eigenvalue weighted by Crippen LogP contribution is -2.00. The van der Waals surface area contributed by atoms with Crippen LogP contribution in [0.25, 0.3) is 0 Å². The number of carbonyl (C=O) groups is 1. The fourth-order valence-electron chi connectivity index (χ4n) is 1.90. The van der Waals surface area contributed by atoms with Gasteiger partial charge in [0.05, 0.1) is 22.7 Å². The molecule has 0 saturated carbocycles. The Morgan fingerprint density at radius 1 is 1.40 bits per heavy atom. The Balaban J connectivity index is 2.10. The molecule has 0 atom stereocenters. The first-order chi connectivity index (χ1) is 9.65. The number of nitrogen functional groups attached to an aromatic ring is 1. The van der Waals surface area contributed by atoms with E-state index in [1.54, 1.807) is 7.11 Å². The highest BCUT2D eigenvalue weighted by atomic mass is 32.1.